The van der Waals surface area contributed by atoms with E-state index in [0.717, 1.165) is 25.2 Å². The first kappa shape index (κ1) is 15.5. The fourth-order valence-corrected chi connectivity index (χ4v) is 3.32. The highest BCUT2D eigenvalue weighted by atomic mass is 19.1. The number of halogens is 1. The number of nitrogens with one attached hydrogen (secondary N) is 1. The normalized spacial score (nSPS) is 24.0. The molecule has 1 N–H and O–H groups in total. The van der Waals surface area contributed by atoms with Crippen LogP contribution in [-0.2, 0) is 0 Å². The van der Waals surface area contributed by atoms with Gasteiger partial charge < -0.3 is 5.32 Å². The number of hydrogen-bond acceptors (Lipinski definition) is 2. The van der Waals surface area contributed by atoms with Crippen molar-refractivity contribution in [1.82, 2.24) is 10.2 Å². The second-order valence-electron chi connectivity index (χ2n) is 6.04. The summed E-state index contributed by atoms with van der Waals surface area (Å²) in [5.74, 6) is 0.512. The minimum atomic E-state index is -0.104. The van der Waals surface area contributed by atoms with Crippen LogP contribution in [0.5, 0.6) is 0 Å². The molecule has 1 aliphatic rings. The van der Waals surface area contributed by atoms with Gasteiger partial charge in [-0.3, -0.25) is 4.90 Å². The van der Waals surface area contributed by atoms with E-state index in [9.17, 15) is 4.39 Å². The molecule has 2 unspecified atom stereocenters. The van der Waals surface area contributed by atoms with Crippen LogP contribution in [0.15, 0.2) is 18.2 Å². The maximum absolute atomic E-state index is 13.5. The summed E-state index contributed by atoms with van der Waals surface area (Å²) in [6.45, 7) is 7.31. The number of hydrogen-bond donors (Lipinski definition) is 1. The van der Waals surface area contributed by atoms with Crippen molar-refractivity contribution in [2.75, 3.05) is 26.7 Å². The van der Waals surface area contributed by atoms with E-state index in [1.807, 2.05) is 19.1 Å². The summed E-state index contributed by atoms with van der Waals surface area (Å²) >= 11 is 0. The number of piperidine rings is 1. The van der Waals surface area contributed by atoms with E-state index < -0.39 is 0 Å². The lowest BCUT2D eigenvalue weighted by Crippen LogP contribution is -2.40. The van der Waals surface area contributed by atoms with Crippen LogP contribution in [0.3, 0.4) is 0 Å². The summed E-state index contributed by atoms with van der Waals surface area (Å²) in [6, 6.07) is 6.01. The van der Waals surface area contributed by atoms with Gasteiger partial charge in [0.2, 0.25) is 0 Å². The summed E-state index contributed by atoms with van der Waals surface area (Å²) in [5, 5.41) is 3.55. The Kier molecular flexibility index (Phi) is 5.55. The number of benzene rings is 1. The molecule has 0 amide bonds. The first-order valence-corrected chi connectivity index (χ1v) is 7.80. The van der Waals surface area contributed by atoms with Crippen LogP contribution in [0.1, 0.15) is 43.4 Å². The number of rotatable bonds is 5. The highest BCUT2D eigenvalue weighted by Crippen LogP contribution is 2.35. The molecule has 112 valence electrons. The molecule has 2 rings (SSSR count). The van der Waals surface area contributed by atoms with Crippen molar-refractivity contribution in [3.05, 3.63) is 35.1 Å². The van der Waals surface area contributed by atoms with Crippen molar-refractivity contribution in [3.8, 4) is 0 Å². The Morgan fingerprint density at radius 1 is 1.40 bits per heavy atom. The van der Waals surface area contributed by atoms with E-state index in [-0.39, 0.29) is 5.82 Å². The number of nitrogens with zero attached hydrogens (tertiary/aromatic N) is 1. The lowest BCUT2D eigenvalue weighted by molar-refractivity contribution is 0.119. The van der Waals surface area contributed by atoms with Gasteiger partial charge in [0.25, 0.3) is 0 Å². The van der Waals surface area contributed by atoms with Gasteiger partial charge in [0.1, 0.15) is 5.82 Å². The predicted molar refractivity (Wildman–Crippen MR) is 82.4 cm³/mol. The summed E-state index contributed by atoms with van der Waals surface area (Å²) in [4.78, 5) is 2.43. The van der Waals surface area contributed by atoms with Crippen molar-refractivity contribution in [3.63, 3.8) is 0 Å². The summed E-state index contributed by atoms with van der Waals surface area (Å²) in [7, 11) is 2.19. The van der Waals surface area contributed by atoms with E-state index in [4.69, 9.17) is 0 Å². The van der Waals surface area contributed by atoms with Crippen molar-refractivity contribution < 1.29 is 4.39 Å². The maximum atomic E-state index is 13.5. The third kappa shape index (κ3) is 3.58. The molecule has 1 aliphatic heterocycles. The van der Waals surface area contributed by atoms with Crippen molar-refractivity contribution in [2.45, 2.75) is 39.2 Å². The Bertz CT molecular complexity index is 433. The topological polar surface area (TPSA) is 15.3 Å². The summed E-state index contributed by atoms with van der Waals surface area (Å²) < 4.78 is 13.5. The maximum Gasteiger partial charge on any atom is 0.126 e. The Morgan fingerprint density at radius 3 is 2.90 bits per heavy atom. The third-order valence-electron chi connectivity index (χ3n) is 4.36. The molecule has 1 aromatic rings. The average molecular weight is 278 g/mol. The molecule has 0 saturated carbocycles. The van der Waals surface area contributed by atoms with Crippen molar-refractivity contribution >= 4 is 0 Å². The van der Waals surface area contributed by atoms with E-state index >= 15 is 0 Å². The standard InChI is InChI=1S/C17H27FN2/c1-4-9-19-12-15-6-5-10-20(3)17(15)14-7-8-16(18)13(2)11-14/h7-8,11,15,17,19H,4-6,9-10,12H2,1-3H3. The van der Waals surface area contributed by atoms with Gasteiger partial charge >= 0.3 is 0 Å². The van der Waals surface area contributed by atoms with E-state index in [1.54, 1.807) is 6.07 Å². The molecule has 1 saturated heterocycles. The van der Waals surface area contributed by atoms with Gasteiger partial charge in [-0.2, -0.15) is 0 Å². The number of aryl methyl sites for hydroxylation is 1. The van der Waals surface area contributed by atoms with Crippen LogP contribution in [0, 0.1) is 18.7 Å². The second kappa shape index (κ2) is 7.19. The minimum absolute atomic E-state index is 0.104. The largest absolute Gasteiger partial charge is 0.316 e. The molecule has 0 spiro atoms. The average Bonchev–Trinajstić information content (AvgIpc) is 2.43. The molecule has 2 nitrogen and oxygen atoms in total. The Hall–Kier alpha value is -0.930. The zero-order chi connectivity index (χ0) is 14.5. The second-order valence-corrected chi connectivity index (χ2v) is 6.04. The van der Waals surface area contributed by atoms with Gasteiger partial charge in [-0.1, -0.05) is 19.1 Å². The van der Waals surface area contributed by atoms with Gasteiger partial charge in [-0.05, 0) is 76.0 Å². The van der Waals surface area contributed by atoms with Crippen LogP contribution in [0.25, 0.3) is 0 Å². The molecule has 1 heterocycles. The van der Waals surface area contributed by atoms with Gasteiger partial charge in [-0.25, -0.2) is 4.39 Å². The van der Waals surface area contributed by atoms with Gasteiger partial charge in [0.15, 0.2) is 0 Å². The molecule has 1 fully saturated rings. The van der Waals surface area contributed by atoms with Crippen LogP contribution in [0.2, 0.25) is 0 Å². The van der Waals surface area contributed by atoms with Gasteiger partial charge in [0.05, 0.1) is 0 Å². The fraction of sp³-hybridized carbons (Fsp3) is 0.647. The summed E-state index contributed by atoms with van der Waals surface area (Å²) in [5.41, 5.74) is 2.01. The van der Waals surface area contributed by atoms with Gasteiger partial charge in [0, 0.05) is 6.04 Å². The molecule has 3 heteroatoms. The molecular weight excluding hydrogens is 251 g/mol. The first-order valence-electron chi connectivity index (χ1n) is 7.80. The molecule has 2 atom stereocenters. The molecule has 1 aromatic carbocycles. The van der Waals surface area contributed by atoms with Gasteiger partial charge in [-0.15, -0.1) is 0 Å². The molecule has 0 radical (unpaired) electrons. The lowest BCUT2D eigenvalue weighted by Gasteiger charge is -2.40. The zero-order valence-electron chi connectivity index (χ0n) is 13.0. The SMILES string of the molecule is CCCNCC1CCCN(C)C1c1ccc(F)c(C)c1. The van der Waals surface area contributed by atoms with E-state index in [2.05, 4.69) is 24.2 Å². The Balaban J connectivity index is 2.15. The smallest absolute Gasteiger partial charge is 0.126 e. The minimum Gasteiger partial charge on any atom is -0.316 e. The van der Waals surface area contributed by atoms with Crippen molar-refractivity contribution in [1.29, 1.82) is 0 Å². The Morgan fingerprint density at radius 2 is 2.20 bits per heavy atom. The summed E-state index contributed by atoms with van der Waals surface area (Å²) in [6.07, 6.45) is 3.68. The molecule has 0 bridgehead atoms. The molecule has 0 aliphatic carbocycles. The zero-order valence-corrected chi connectivity index (χ0v) is 13.0. The van der Waals surface area contributed by atoms with Crippen molar-refractivity contribution in [2.24, 2.45) is 5.92 Å². The van der Waals surface area contributed by atoms with Crippen LogP contribution >= 0.6 is 0 Å². The molecule has 0 aromatic heterocycles. The molecule has 20 heavy (non-hydrogen) atoms. The molecular formula is C17H27FN2. The van der Waals surface area contributed by atoms with E-state index in [1.165, 1.54) is 24.8 Å². The van der Waals surface area contributed by atoms with Crippen LogP contribution in [0.4, 0.5) is 4.39 Å². The highest BCUT2D eigenvalue weighted by Gasteiger charge is 2.30. The monoisotopic (exact) mass is 278 g/mol. The lowest BCUT2D eigenvalue weighted by atomic mass is 9.84. The Labute approximate surface area is 122 Å². The first-order chi connectivity index (χ1) is 9.63. The highest BCUT2D eigenvalue weighted by molar-refractivity contribution is 5.27. The van der Waals surface area contributed by atoms with E-state index in [0.29, 0.717) is 12.0 Å². The fourth-order valence-electron chi connectivity index (χ4n) is 3.32. The van der Waals surface area contributed by atoms with Crippen LogP contribution < -0.4 is 5.32 Å². The number of likely N-dealkylation sites (tertiary alicyclic amines) is 1. The third-order valence-corrected chi connectivity index (χ3v) is 4.36. The predicted octanol–water partition coefficient (Wildman–Crippen LogP) is 3.52. The quantitative estimate of drug-likeness (QED) is 0.829. The van der Waals surface area contributed by atoms with Crippen LogP contribution in [-0.4, -0.2) is 31.6 Å².